The highest BCUT2D eigenvalue weighted by atomic mass is 79.9. The molecule has 1 nitrogen and oxygen atoms in total. The standard InChI is InChI=1S/C10H10BrNS2/c1-6(2)9-8(12-10(11)14-9)7-3-4-13-5-7/h3-6H,1-2H3. The van der Waals surface area contributed by atoms with E-state index in [9.17, 15) is 0 Å². The summed E-state index contributed by atoms with van der Waals surface area (Å²) >= 11 is 6.89. The molecule has 74 valence electrons. The van der Waals surface area contributed by atoms with Gasteiger partial charge in [-0.15, -0.1) is 11.3 Å². The van der Waals surface area contributed by atoms with Gasteiger partial charge in [-0.25, -0.2) is 4.98 Å². The molecule has 2 aromatic heterocycles. The van der Waals surface area contributed by atoms with Gasteiger partial charge in [0.25, 0.3) is 0 Å². The van der Waals surface area contributed by atoms with E-state index in [0.29, 0.717) is 5.92 Å². The van der Waals surface area contributed by atoms with Crippen LogP contribution in [0.25, 0.3) is 11.3 Å². The van der Waals surface area contributed by atoms with Crippen LogP contribution in [0.2, 0.25) is 0 Å². The van der Waals surface area contributed by atoms with Gasteiger partial charge in [0.1, 0.15) is 0 Å². The number of hydrogen-bond acceptors (Lipinski definition) is 3. The average Bonchev–Trinajstić information content (AvgIpc) is 2.70. The van der Waals surface area contributed by atoms with Crippen molar-refractivity contribution in [3.8, 4) is 11.3 Å². The number of nitrogens with zero attached hydrogens (tertiary/aromatic N) is 1. The molecule has 0 unspecified atom stereocenters. The molecule has 0 fully saturated rings. The minimum Gasteiger partial charge on any atom is -0.229 e. The first-order valence-electron chi connectivity index (χ1n) is 4.37. The van der Waals surface area contributed by atoms with Crippen LogP contribution in [0, 0.1) is 0 Å². The van der Waals surface area contributed by atoms with Crippen LogP contribution in [-0.2, 0) is 0 Å². The second-order valence-electron chi connectivity index (χ2n) is 3.35. The summed E-state index contributed by atoms with van der Waals surface area (Å²) in [5.41, 5.74) is 2.37. The van der Waals surface area contributed by atoms with Gasteiger partial charge in [0, 0.05) is 15.8 Å². The molecule has 4 heteroatoms. The van der Waals surface area contributed by atoms with Crippen molar-refractivity contribution in [1.82, 2.24) is 4.98 Å². The predicted octanol–water partition coefficient (Wildman–Crippen LogP) is 4.76. The lowest BCUT2D eigenvalue weighted by Crippen LogP contribution is -1.86. The molecule has 0 spiro atoms. The molecule has 0 bridgehead atoms. The number of thiazole rings is 1. The Morgan fingerprint density at radius 2 is 2.21 bits per heavy atom. The van der Waals surface area contributed by atoms with Gasteiger partial charge in [0.05, 0.1) is 5.69 Å². The Bertz CT molecular complexity index is 417. The highest BCUT2D eigenvalue weighted by Gasteiger charge is 2.14. The SMILES string of the molecule is CC(C)c1sc(Br)nc1-c1ccsc1. The topological polar surface area (TPSA) is 12.9 Å². The van der Waals surface area contributed by atoms with Gasteiger partial charge in [-0.05, 0) is 33.3 Å². The Morgan fingerprint density at radius 3 is 2.79 bits per heavy atom. The zero-order valence-corrected chi connectivity index (χ0v) is 11.2. The Kier molecular flexibility index (Phi) is 3.04. The summed E-state index contributed by atoms with van der Waals surface area (Å²) in [4.78, 5) is 5.87. The van der Waals surface area contributed by atoms with E-state index >= 15 is 0 Å². The zero-order valence-electron chi connectivity index (χ0n) is 7.95. The molecular formula is C10H10BrNS2. The van der Waals surface area contributed by atoms with Gasteiger partial charge in [-0.1, -0.05) is 13.8 Å². The van der Waals surface area contributed by atoms with Crippen LogP contribution in [0.15, 0.2) is 20.7 Å². The first kappa shape index (κ1) is 10.3. The first-order chi connectivity index (χ1) is 6.68. The molecule has 2 heterocycles. The Balaban J connectivity index is 2.52. The monoisotopic (exact) mass is 287 g/mol. The molecule has 0 saturated heterocycles. The van der Waals surface area contributed by atoms with Crippen molar-refractivity contribution in [2.24, 2.45) is 0 Å². The molecule has 0 aliphatic carbocycles. The lowest BCUT2D eigenvalue weighted by atomic mass is 10.1. The van der Waals surface area contributed by atoms with Crippen molar-refractivity contribution < 1.29 is 0 Å². The first-order valence-corrected chi connectivity index (χ1v) is 6.92. The third kappa shape index (κ3) is 1.92. The van der Waals surface area contributed by atoms with Gasteiger partial charge in [0.2, 0.25) is 0 Å². The van der Waals surface area contributed by atoms with Crippen molar-refractivity contribution in [2.45, 2.75) is 19.8 Å². The maximum atomic E-state index is 4.52. The van der Waals surface area contributed by atoms with Crippen molar-refractivity contribution in [2.75, 3.05) is 0 Å². The number of aromatic nitrogens is 1. The second-order valence-corrected chi connectivity index (χ2v) is 6.43. The predicted molar refractivity (Wildman–Crippen MR) is 67.2 cm³/mol. The number of rotatable bonds is 2. The molecule has 2 rings (SSSR count). The summed E-state index contributed by atoms with van der Waals surface area (Å²) < 4.78 is 0.974. The zero-order chi connectivity index (χ0) is 10.1. The lowest BCUT2D eigenvalue weighted by Gasteiger charge is -2.02. The maximum Gasteiger partial charge on any atom is 0.160 e. The molecule has 0 radical (unpaired) electrons. The Labute approximate surface area is 100.0 Å². The van der Waals surface area contributed by atoms with Crippen molar-refractivity contribution in [3.63, 3.8) is 0 Å². The summed E-state index contributed by atoms with van der Waals surface area (Å²) in [6.07, 6.45) is 0. The molecular weight excluding hydrogens is 278 g/mol. The van der Waals surface area contributed by atoms with Gasteiger partial charge < -0.3 is 0 Å². The molecule has 0 amide bonds. The van der Waals surface area contributed by atoms with Crippen molar-refractivity contribution in [1.29, 1.82) is 0 Å². The van der Waals surface area contributed by atoms with Crippen LogP contribution in [0.4, 0.5) is 0 Å². The molecule has 0 saturated carbocycles. The lowest BCUT2D eigenvalue weighted by molar-refractivity contribution is 0.888. The maximum absolute atomic E-state index is 4.52. The quantitative estimate of drug-likeness (QED) is 0.776. The molecule has 0 aliphatic rings. The Morgan fingerprint density at radius 1 is 1.43 bits per heavy atom. The molecule has 0 aromatic carbocycles. The van der Waals surface area contributed by atoms with Crippen LogP contribution in [0.1, 0.15) is 24.6 Å². The molecule has 0 atom stereocenters. The summed E-state index contributed by atoms with van der Waals surface area (Å²) in [5, 5.41) is 4.24. The van der Waals surface area contributed by atoms with Crippen molar-refractivity contribution in [3.05, 3.63) is 25.6 Å². The minimum absolute atomic E-state index is 0.536. The van der Waals surface area contributed by atoms with Gasteiger partial charge in [-0.2, -0.15) is 11.3 Å². The third-order valence-corrected chi connectivity index (χ3v) is 4.44. The number of thiophene rings is 1. The summed E-state index contributed by atoms with van der Waals surface area (Å²) in [6, 6.07) is 2.12. The van der Waals surface area contributed by atoms with E-state index < -0.39 is 0 Å². The fourth-order valence-corrected chi connectivity index (χ4v) is 3.46. The minimum atomic E-state index is 0.536. The van der Waals surface area contributed by atoms with E-state index in [1.165, 1.54) is 10.4 Å². The largest absolute Gasteiger partial charge is 0.229 e. The van der Waals surface area contributed by atoms with Gasteiger partial charge in [-0.3, -0.25) is 0 Å². The van der Waals surface area contributed by atoms with Crippen LogP contribution in [0.5, 0.6) is 0 Å². The molecule has 0 N–H and O–H groups in total. The van der Waals surface area contributed by atoms with E-state index in [4.69, 9.17) is 0 Å². The summed E-state index contributed by atoms with van der Waals surface area (Å²) in [6.45, 7) is 4.41. The van der Waals surface area contributed by atoms with E-state index in [1.807, 2.05) is 0 Å². The number of halogens is 1. The van der Waals surface area contributed by atoms with E-state index in [-0.39, 0.29) is 0 Å². The van der Waals surface area contributed by atoms with E-state index in [1.54, 1.807) is 22.7 Å². The van der Waals surface area contributed by atoms with E-state index in [2.05, 4.69) is 51.6 Å². The highest BCUT2D eigenvalue weighted by Crippen LogP contribution is 2.36. The Hall–Kier alpha value is -0.190. The van der Waals surface area contributed by atoms with Gasteiger partial charge >= 0.3 is 0 Å². The fraction of sp³-hybridized carbons (Fsp3) is 0.300. The molecule has 2 aromatic rings. The second kappa shape index (κ2) is 4.13. The summed E-state index contributed by atoms with van der Waals surface area (Å²) in [7, 11) is 0. The van der Waals surface area contributed by atoms with Crippen LogP contribution < -0.4 is 0 Å². The fourth-order valence-electron chi connectivity index (χ4n) is 1.30. The van der Waals surface area contributed by atoms with Crippen LogP contribution in [0.3, 0.4) is 0 Å². The highest BCUT2D eigenvalue weighted by molar-refractivity contribution is 9.11. The van der Waals surface area contributed by atoms with Crippen LogP contribution in [-0.4, -0.2) is 4.98 Å². The normalized spacial score (nSPS) is 11.1. The molecule has 0 aliphatic heterocycles. The number of hydrogen-bond donors (Lipinski definition) is 0. The van der Waals surface area contributed by atoms with E-state index in [0.717, 1.165) is 9.61 Å². The van der Waals surface area contributed by atoms with Gasteiger partial charge in [0.15, 0.2) is 3.92 Å². The third-order valence-electron chi connectivity index (χ3n) is 1.95. The molecule has 14 heavy (non-hydrogen) atoms. The van der Waals surface area contributed by atoms with Crippen LogP contribution >= 0.6 is 38.6 Å². The average molecular weight is 288 g/mol. The summed E-state index contributed by atoms with van der Waals surface area (Å²) in [5.74, 6) is 0.536. The van der Waals surface area contributed by atoms with Crippen molar-refractivity contribution >= 4 is 38.6 Å². The smallest absolute Gasteiger partial charge is 0.160 e.